The molecule has 34 heavy (non-hydrogen) atoms. The maximum atomic E-state index is 9.24. The third kappa shape index (κ3) is 16.9. The molecule has 0 aliphatic heterocycles. The number of hydrogen-bond acceptors (Lipinski definition) is 3. The molecule has 3 heteroatoms. The van der Waals surface area contributed by atoms with Crippen molar-refractivity contribution in [1.29, 1.82) is 5.26 Å². The average molecular weight is 472 g/mol. The molecule has 3 nitrogen and oxygen atoms in total. The lowest BCUT2D eigenvalue weighted by Gasteiger charge is -2.13. The molecule has 0 aromatic heterocycles. The molecule has 0 atom stereocenters. The van der Waals surface area contributed by atoms with Crippen molar-refractivity contribution in [3.8, 4) is 17.6 Å². The van der Waals surface area contributed by atoms with Crippen molar-refractivity contribution in [2.45, 2.75) is 142 Å². The molecule has 0 bridgehead atoms. The maximum Gasteiger partial charge on any atom is 0.162 e. The second-order valence-electron chi connectivity index (χ2n) is 9.83. The van der Waals surface area contributed by atoms with Gasteiger partial charge in [-0.1, -0.05) is 129 Å². The summed E-state index contributed by atoms with van der Waals surface area (Å²) in [6.45, 7) is 5.96. The van der Waals surface area contributed by atoms with Crippen molar-refractivity contribution in [3.05, 3.63) is 23.8 Å². The van der Waals surface area contributed by atoms with E-state index in [4.69, 9.17) is 9.47 Å². The van der Waals surface area contributed by atoms with E-state index in [1.807, 2.05) is 18.2 Å². The van der Waals surface area contributed by atoms with Gasteiger partial charge in [0.1, 0.15) is 0 Å². The minimum absolute atomic E-state index is 0.629. The lowest BCUT2D eigenvalue weighted by Crippen LogP contribution is -2.03. The van der Waals surface area contributed by atoms with Gasteiger partial charge in [0.2, 0.25) is 0 Å². The minimum atomic E-state index is 0.629. The molecule has 0 aliphatic rings. The molecule has 0 unspecified atom stereocenters. The van der Waals surface area contributed by atoms with Crippen LogP contribution in [0, 0.1) is 11.3 Å². The van der Waals surface area contributed by atoms with Crippen LogP contribution in [0.25, 0.3) is 0 Å². The summed E-state index contributed by atoms with van der Waals surface area (Å²) < 4.78 is 12.1. The van der Waals surface area contributed by atoms with Crippen LogP contribution < -0.4 is 9.47 Å². The van der Waals surface area contributed by atoms with Crippen LogP contribution in [-0.2, 0) is 0 Å². The second-order valence-corrected chi connectivity index (χ2v) is 9.83. The van der Waals surface area contributed by atoms with Crippen molar-refractivity contribution in [2.24, 2.45) is 0 Å². The number of ether oxygens (including phenoxy) is 2. The number of hydrogen-bond donors (Lipinski definition) is 0. The topological polar surface area (TPSA) is 42.2 Å². The first-order valence-electron chi connectivity index (χ1n) is 14.6. The highest BCUT2D eigenvalue weighted by atomic mass is 16.5. The molecular formula is C31H53NO2. The Bertz CT molecular complexity index is 622. The Hall–Kier alpha value is -1.69. The SMILES string of the molecule is CCCCCCCCCCCCOc1ccc(C#N)cc1OCCCCCCCCCCCC. The average Bonchev–Trinajstić information content (AvgIpc) is 2.86. The van der Waals surface area contributed by atoms with Crippen molar-refractivity contribution in [3.63, 3.8) is 0 Å². The quantitative estimate of drug-likeness (QED) is 0.141. The third-order valence-corrected chi connectivity index (χ3v) is 6.58. The Morgan fingerprint density at radius 1 is 0.529 bits per heavy atom. The van der Waals surface area contributed by atoms with Crippen LogP contribution in [0.2, 0.25) is 0 Å². The molecule has 0 saturated heterocycles. The van der Waals surface area contributed by atoms with Crippen LogP contribution in [0.1, 0.15) is 148 Å². The monoisotopic (exact) mass is 471 g/mol. The Labute approximate surface area is 211 Å². The van der Waals surface area contributed by atoms with Crippen LogP contribution in [-0.4, -0.2) is 13.2 Å². The van der Waals surface area contributed by atoms with Gasteiger partial charge in [-0.05, 0) is 25.0 Å². The number of benzene rings is 1. The molecule has 1 aromatic rings. The third-order valence-electron chi connectivity index (χ3n) is 6.58. The van der Waals surface area contributed by atoms with Gasteiger partial charge in [-0.2, -0.15) is 5.26 Å². The fourth-order valence-electron chi connectivity index (χ4n) is 4.35. The number of unbranched alkanes of at least 4 members (excludes halogenated alkanes) is 18. The summed E-state index contributed by atoms with van der Waals surface area (Å²) >= 11 is 0. The largest absolute Gasteiger partial charge is 0.490 e. The van der Waals surface area contributed by atoms with Gasteiger partial charge in [0, 0.05) is 6.07 Å². The van der Waals surface area contributed by atoms with Gasteiger partial charge in [0.05, 0.1) is 24.8 Å². The molecule has 0 fully saturated rings. The first kappa shape index (κ1) is 30.3. The Balaban J connectivity index is 2.14. The van der Waals surface area contributed by atoms with E-state index in [-0.39, 0.29) is 0 Å². The second kappa shape index (κ2) is 23.1. The van der Waals surface area contributed by atoms with Gasteiger partial charge in [0.25, 0.3) is 0 Å². The standard InChI is InChI=1S/C31H53NO2/c1-3-5-7-9-11-13-15-17-19-21-25-33-30-24-23-29(28-32)27-31(30)34-26-22-20-18-16-14-12-10-8-6-4-2/h23-24,27H,3-22,25-26H2,1-2H3. The van der Waals surface area contributed by atoms with E-state index in [1.165, 1.54) is 116 Å². The molecule has 0 amide bonds. The van der Waals surface area contributed by atoms with Crippen LogP contribution in [0.15, 0.2) is 18.2 Å². The van der Waals surface area contributed by atoms with Gasteiger partial charge in [0.15, 0.2) is 11.5 Å². The van der Waals surface area contributed by atoms with E-state index in [0.717, 1.165) is 30.9 Å². The van der Waals surface area contributed by atoms with Crippen LogP contribution >= 0.6 is 0 Å². The molecular weight excluding hydrogens is 418 g/mol. The highest BCUT2D eigenvalue weighted by molar-refractivity contribution is 5.46. The van der Waals surface area contributed by atoms with Gasteiger partial charge in [-0.25, -0.2) is 0 Å². The van der Waals surface area contributed by atoms with E-state index in [0.29, 0.717) is 12.2 Å². The first-order chi connectivity index (χ1) is 16.8. The van der Waals surface area contributed by atoms with E-state index in [2.05, 4.69) is 19.9 Å². The number of rotatable bonds is 24. The Morgan fingerprint density at radius 3 is 1.32 bits per heavy atom. The van der Waals surface area contributed by atoms with E-state index in [9.17, 15) is 5.26 Å². The lowest BCUT2D eigenvalue weighted by atomic mass is 10.1. The minimum Gasteiger partial charge on any atom is -0.490 e. The van der Waals surface area contributed by atoms with E-state index < -0.39 is 0 Å². The molecule has 0 N–H and O–H groups in total. The van der Waals surface area contributed by atoms with E-state index >= 15 is 0 Å². The van der Waals surface area contributed by atoms with Gasteiger partial charge in [-0.3, -0.25) is 0 Å². The highest BCUT2D eigenvalue weighted by Crippen LogP contribution is 2.29. The van der Waals surface area contributed by atoms with Crippen LogP contribution in [0.3, 0.4) is 0 Å². The Morgan fingerprint density at radius 2 is 0.912 bits per heavy atom. The molecule has 0 radical (unpaired) electrons. The maximum absolute atomic E-state index is 9.24. The number of nitrogens with zero attached hydrogens (tertiary/aromatic N) is 1. The fraction of sp³-hybridized carbons (Fsp3) is 0.774. The first-order valence-corrected chi connectivity index (χ1v) is 14.6. The molecule has 0 saturated carbocycles. The lowest BCUT2D eigenvalue weighted by molar-refractivity contribution is 0.258. The zero-order valence-electron chi connectivity index (χ0n) is 22.6. The molecule has 0 spiro atoms. The Kier molecular flexibility index (Phi) is 20.6. The van der Waals surface area contributed by atoms with E-state index in [1.54, 1.807) is 0 Å². The summed E-state index contributed by atoms with van der Waals surface area (Å²) in [5.74, 6) is 1.50. The highest BCUT2D eigenvalue weighted by Gasteiger charge is 2.07. The van der Waals surface area contributed by atoms with Gasteiger partial charge in [-0.15, -0.1) is 0 Å². The normalized spacial score (nSPS) is 10.9. The summed E-state index contributed by atoms with van der Waals surface area (Å²) in [5.41, 5.74) is 0.629. The smallest absolute Gasteiger partial charge is 0.162 e. The summed E-state index contributed by atoms with van der Waals surface area (Å²) in [7, 11) is 0. The van der Waals surface area contributed by atoms with Crippen molar-refractivity contribution in [1.82, 2.24) is 0 Å². The molecule has 1 aromatic carbocycles. The summed E-state index contributed by atoms with van der Waals surface area (Å²) in [6.07, 6.45) is 26.4. The molecule has 194 valence electrons. The summed E-state index contributed by atoms with van der Waals surface area (Å²) in [6, 6.07) is 7.75. The van der Waals surface area contributed by atoms with Gasteiger partial charge < -0.3 is 9.47 Å². The molecule has 0 aliphatic carbocycles. The van der Waals surface area contributed by atoms with Crippen LogP contribution in [0.4, 0.5) is 0 Å². The van der Waals surface area contributed by atoms with Gasteiger partial charge >= 0.3 is 0 Å². The van der Waals surface area contributed by atoms with Crippen molar-refractivity contribution >= 4 is 0 Å². The number of nitriles is 1. The summed E-state index contributed by atoms with van der Waals surface area (Å²) in [4.78, 5) is 0. The predicted octanol–water partition coefficient (Wildman–Crippen LogP) is 10.2. The zero-order chi connectivity index (χ0) is 24.5. The predicted molar refractivity (Wildman–Crippen MR) is 146 cm³/mol. The summed E-state index contributed by atoms with van der Waals surface area (Å²) in [5, 5.41) is 9.24. The van der Waals surface area contributed by atoms with Crippen LogP contribution in [0.5, 0.6) is 11.5 Å². The zero-order valence-corrected chi connectivity index (χ0v) is 22.6. The molecule has 1 rings (SSSR count). The fourth-order valence-corrected chi connectivity index (χ4v) is 4.35. The van der Waals surface area contributed by atoms with Crippen molar-refractivity contribution in [2.75, 3.05) is 13.2 Å². The van der Waals surface area contributed by atoms with Crippen molar-refractivity contribution < 1.29 is 9.47 Å². The molecule has 0 heterocycles.